The van der Waals surface area contributed by atoms with E-state index in [2.05, 4.69) is 6.58 Å². The Morgan fingerprint density at radius 2 is 1.76 bits per heavy atom. The van der Waals surface area contributed by atoms with Gasteiger partial charge in [0.15, 0.2) is 0 Å². The molecule has 0 N–H and O–H groups in total. The summed E-state index contributed by atoms with van der Waals surface area (Å²) in [6.07, 6.45) is 1.74. The van der Waals surface area contributed by atoms with Gasteiger partial charge in [0.2, 0.25) is 5.91 Å². The standard InChI is InChI=1S/C18H17NO2/c1-3-16-17(13-7-5-4-6-8-13)19(18(16)20)14-9-11-15(21-2)12-10-14/h3-12,16-17H,1H2,2H3. The van der Waals surface area contributed by atoms with Crippen molar-refractivity contribution in [2.75, 3.05) is 12.0 Å². The van der Waals surface area contributed by atoms with Crippen molar-refractivity contribution >= 4 is 11.6 Å². The topological polar surface area (TPSA) is 29.5 Å². The molecule has 3 nitrogen and oxygen atoms in total. The normalized spacial score (nSPS) is 20.8. The van der Waals surface area contributed by atoms with Gasteiger partial charge in [-0.15, -0.1) is 6.58 Å². The van der Waals surface area contributed by atoms with Crippen LogP contribution in [-0.2, 0) is 4.79 Å². The van der Waals surface area contributed by atoms with Gasteiger partial charge in [0.25, 0.3) is 0 Å². The molecular weight excluding hydrogens is 262 g/mol. The molecule has 1 fully saturated rings. The molecule has 0 bridgehead atoms. The molecule has 1 aliphatic heterocycles. The van der Waals surface area contributed by atoms with E-state index in [1.54, 1.807) is 13.2 Å². The number of carbonyl (C=O) groups is 1. The van der Waals surface area contributed by atoms with Gasteiger partial charge in [0.1, 0.15) is 5.75 Å². The summed E-state index contributed by atoms with van der Waals surface area (Å²) in [6, 6.07) is 17.6. The van der Waals surface area contributed by atoms with Crippen molar-refractivity contribution in [1.29, 1.82) is 0 Å². The van der Waals surface area contributed by atoms with Gasteiger partial charge in [0.05, 0.1) is 19.1 Å². The molecule has 21 heavy (non-hydrogen) atoms. The first kappa shape index (κ1) is 13.4. The smallest absolute Gasteiger partial charge is 0.236 e. The maximum Gasteiger partial charge on any atom is 0.236 e. The summed E-state index contributed by atoms with van der Waals surface area (Å²) in [6.45, 7) is 3.80. The van der Waals surface area contributed by atoms with Crippen molar-refractivity contribution in [2.24, 2.45) is 5.92 Å². The van der Waals surface area contributed by atoms with Crippen LogP contribution in [0.15, 0.2) is 67.3 Å². The highest BCUT2D eigenvalue weighted by Gasteiger charge is 2.46. The van der Waals surface area contributed by atoms with E-state index in [0.717, 1.165) is 17.0 Å². The predicted molar refractivity (Wildman–Crippen MR) is 83.4 cm³/mol. The minimum atomic E-state index is -0.158. The zero-order valence-corrected chi connectivity index (χ0v) is 11.9. The second-order valence-corrected chi connectivity index (χ2v) is 5.02. The fourth-order valence-electron chi connectivity index (χ4n) is 2.78. The van der Waals surface area contributed by atoms with Crippen LogP contribution in [-0.4, -0.2) is 13.0 Å². The summed E-state index contributed by atoms with van der Waals surface area (Å²) in [7, 11) is 1.63. The quantitative estimate of drug-likeness (QED) is 0.632. The lowest BCUT2D eigenvalue weighted by molar-refractivity contribution is -0.128. The zero-order valence-electron chi connectivity index (χ0n) is 11.9. The number of benzene rings is 2. The summed E-state index contributed by atoms with van der Waals surface area (Å²) in [5.41, 5.74) is 2.01. The Morgan fingerprint density at radius 3 is 2.33 bits per heavy atom. The molecule has 1 saturated heterocycles. The van der Waals surface area contributed by atoms with Gasteiger partial charge in [-0.25, -0.2) is 0 Å². The van der Waals surface area contributed by atoms with E-state index in [1.807, 2.05) is 59.5 Å². The lowest BCUT2D eigenvalue weighted by Gasteiger charge is -2.46. The van der Waals surface area contributed by atoms with Gasteiger partial charge in [-0.05, 0) is 29.8 Å². The monoisotopic (exact) mass is 279 g/mol. The fraction of sp³-hybridized carbons (Fsp3) is 0.167. The van der Waals surface area contributed by atoms with Gasteiger partial charge < -0.3 is 9.64 Å². The highest BCUT2D eigenvalue weighted by molar-refractivity contribution is 6.04. The molecule has 0 aromatic heterocycles. The number of β-lactam (4-membered cyclic amide) rings is 1. The van der Waals surface area contributed by atoms with Crippen molar-refractivity contribution in [3.63, 3.8) is 0 Å². The van der Waals surface area contributed by atoms with E-state index in [-0.39, 0.29) is 17.9 Å². The summed E-state index contributed by atoms with van der Waals surface area (Å²) in [5, 5.41) is 0. The second kappa shape index (κ2) is 5.44. The van der Waals surface area contributed by atoms with Crippen molar-refractivity contribution in [3.05, 3.63) is 72.8 Å². The Morgan fingerprint density at radius 1 is 1.10 bits per heavy atom. The van der Waals surface area contributed by atoms with E-state index in [0.29, 0.717) is 0 Å². The lowest BCUT2D eigenvalue weighted by Crippen LogP contribution is -2.54. The molecule has 1 aliphatic rings. The van der Waals surface area contributed by atoms with Crippen LogP contribution >= 0.6 is 0 Å². The van der Waals surface area contributed by atoms with Gasteiger partial charge in [0, 0.05) is 5.69 Å². The summed E-state index contributed by atoms with van der Waals surface area (Å²) < 4.78 is 5.16. The average Bonchev–Trinajstić information content (AvgIpc) is 2.54. The molecule has 0 aliphatic carbocycles. The van der Waals surface area contributed by atoms with Crippen molar-refractivity contribution < 1.29 is 9.53 Å². The number of carbonyl (C=O) groups excluding carboxylic acids is 1. The fourth-order valence-corrected chi connectivity index (χ4v) is 2.78. The van der Waals surface area contributed by atoms with Crippen LogP contribution < -0.4 is 9.64 Å². The number of rotatable bonds is 4. The first-order chi connectivity index (χ1) is 10.3. The van der Waals surface area contributed by atoms with Gasteiger partial charge >= 0.3 is 0 Å². The summed E-state index contributed by atoms with van der Waals surface area (Å²) in [5.74, 6) is 0.710. The Labute approximate surface area is 124 Å². The van der Waals surface area contributed by atoms with E-state index >= 15 is 0 Å². The molecule has 0 saturated carbocycles. The van der Waals surface area contributed by atoms with Crippen LogP contribution in [0, 0.1) is 5.92 Å². The Balaban J connectivity index is 1.95. The Bertz CT molecular complexity index is 649. The molecule has 1 heterocycles. The van der Waals surface area contributed by atoms with Gasteiger partial charge in [-0.2, -0.15) is 0 Å². The first-order valence-electron chi connectivity index (χ1n) is 6.91. The maximum absolute atomic E-state index is 12.4. The van der Waals surface area contributed by atoms with E-state index in [1.165, 1.54) is 0 Å². The van der Waals surface area contributed by atoms with E-state index in [4.69, 9.17) is 4.74 Å². The molecule has 1 amide bonds. The van der Waals surface area contributed by atoms with Crippen LogP contribution in [0.25, 0.3) is 0 Å². The van der Waals surface area contributed by atoms with Crippen molar-refractivity contribution in [1.82, 2.24) is 0 Å². The molecule has 0 radical (unpaired) electrons. The maximum atomic E-state index is 12.4. The van der Waals surface area contributed by atoms with Crippen LogP contribution in [0.3, 0.4) is 0 Å². The van der Waals surface area contributed by atoms with Gasteiger partial charge in [-0.3, -0.25) is 4.79 Å². The number of amides is 1. The summed E-state index contributed by atoms with van der Waals surface area (Å²) in [4.78, 5) is 14.2. The van der Waals surface area contributed by atoms with Crippen molar-refractivity contribution in [3.8, 4) is 5.75 Å². The van der Waals surface area contributed by atoms with E-state index in [9.17, 15) is 4.79 Å². The number of nitrogens with zero attached hydrogens (tertiary/aromatic N) is 1. The van der Waals surface area contributed by atoms with Gasteiger partial charge in [-0.1, -0.05) is 36.4 Å². The summed E-state index contributed by atoms with van der Waals surface area (Å²) >= 11 is 0. The SMILES string of the molecule is C=CC1C(=O)N(c2ccc(OC)cc2)C1c1ccccc1. The third-order valence-corrected chi connectivity index (χ3v) is 3.89. The van der Waals surface area contributed by atoms with Crippen LogP contribution in [0.2, 0.25) is 0 Å². The molecule has 2 atom stereocenters. The van der Waals surface area contributed by atoms with Crippen LogP contribution in [0.4, 0.5) is 5.69 Å². The number of methoxy groups -OCH3 is 1. The van der Waals surface area contributed by atoms with Crippen LogP contribution in [0.5, 0.6) is 5.75 Å². The molecule has 0 spiro atoms. The van der Waals surface area contributed by atoms with E-state index < -0.39 is 0 Å². The third-order valence-electron chi connectivity index (χ3n) is 3.89. The lowest BCUT2D eigenvalue weighted by atomic mass is 9.82. The number of ether oxygens (including phenoxy) is 1. The molecule has 106 valence electrons. The number of hydrogen-bond acceptors (Lipinski definition) is 2. The highest BCUT2D eigenvalue weighted by Crippen LogP contribution is 2.44. The molecule has 3 rings (SSSR count). The number of hydrogen-bond donors (Lipinski definition) is 0. The predicted octanol–water partition coefficient (Wildman–Crippen LogP) is 3.59. The Kier molecular flexibility index (Phi) is 3.48. The minimum Gasteiger partial charge on any atom is -0.497 e. The zero-order chi connectivity index (χ0) is 14.8. The number of anilines is 1. The first-order valence-corrected chi connectivity index (χ1v) is 6.91. The Hall–Kier alpha value is -2.55. The largest absolute Gasteiger partial charge is 0.497 e. The molecule has 2 aromatic rings. The van der Waals surface area contributed by atoms with Crippen molar-refractivity contribution in [2.45, 2.75) is 6.04 Å². The minimum absolute atomic E-state index is 0.0181. The second-order valence-electron chi connectivity index (χ2n) is 5.02. The molecular formula is C18H17NO2. The molecule has 2 aromatic carbocycles. The molecule has 3 heteroatoms. The highest BCUT2D eigenvalue weighted by atomic mass is 16.5. The average molecular weight is 279 g/mol. The third kappa shape index (κ3) is 2.21. The van der Waals surface area contributed by atoms with Crippen LogP contribution in [0.1, 0.15) is 11.6 Å². The molecule has 2 unspecified atom stereocenters.